The van der Waals surface area contributed by atoms with E-state index in [4.69, 9.17) is 11.2 Å². The molecule has 9 heteroatoms. The third-order valence-corrected chi connectivity index (χ3v) is 3.44. The number of alkyl halides is 3. The molecular formula is C18H12F3N3O3. The lowest BCUT2D eigenvalue weighted by Gasteiger charge is -2.09. The van der Waals surface area contributed by atoms with Gasteiger partial charge in [0.2, 0.25) is 0 Å². The first-order valence-corrected chi connectivity index (χ1v) is 7.57. The van der Waals surface area contributed by atoms with Crippen LogP contribution in [0.1, 0.15) is 10.4 Å². The minimum absolute atomic E-state index is 0.0946. The van der Waals surface area contributed by atoms with Gasteiger partial charge in [-0.05, 0) is 42.5 Å². The molecule has 0 aliphatic carbocycles. The summed E-state index contributed by atoms with van der Waals surface area (Å²) < 4.78 is 45.6. The number of carbonyl (C=O) groups excluding carboxylic acids is 1. The number of H-pyrrole nitrogens is 1. The number of nitrogens with zero attached hydrogens (tertiary/aromatic N) is 1. The van der Waals surface area contributed by atoms with E-state index < -0.39 is 18.0 Å². The number of halogens is 3. The van der Waals surface area contributed by atoms with Gasteiger partial charge in [0, 0.05) is 10.9 Å². The van der Waals surface area contributed by atoms with Crippen LogP contribution in [-0.4, -0.2) is 29.1 Å². The van der Waals surface area contributed by atoms with Crippen molar-refractivity contribution in [3.63, 3.8) is 0 Å². The second-order valence-corrected chi connectivity index (χ2v) is 5.30. The van der Waals surface area contributed by atoms with Crippen LogP contribution in [0.3, 0.4) is 0 Å². The number of carbonyl (C=O) groups is 1. The molecule has 0 spiro atoms. The summed E-state index contributed by atoms with van der Waals surface area (Å²) in [6, 6.07) is 9.61. The molecule has 138 valence electrons. The van der Waals surface area contributed by atoms with E-state index in [9.17, 15) is 18.0 Å². The highest BCUT2D eigenvalue weighted by molar-refractivity contribution is 6.08. The number of hydrogen-bond acceptors (Lipinski definition) is 4. The summed E-state index contributed by atoms with van der Waals surface area (Å²) in [4.78, 5) is 12.3. The number of hydrogen-bond donors (Lipinski definition) is 2. The summed E-state index contributed by atoms with van der Waals surface area (Å²) in [5.41, 5.74) is 0.799. The highest BCUT2D eigenvalue weighted by Gasteiger charge is 2.31. The molecule has 0 unspecified atom stereocenters. The number of aromatic amines is 1. The van der Waals surface area contributed by atoms with Crippen molar-refractivity contribution in [1.29, 1.82) is 0 Å². The van der Waals surface area contributed by atoms with Crippen molar-refractivity contribution in [2.45, 2.75) is 6.36 Å². The topological polar surface area (TPSA) is 76.2 Å². The van der Waals surface area contributed by atoms with E-state index in [0.717, 1.165) is 12.1 Å². The van der Waals surface area contributed by atoms with Gasteiger partial charge < -0.3 is 14.8 Å². The summed E-state index contributed by atoms with van der Waals surface area (Å²) in [5, 5.41) is 9.96. The molecular weight excluding hydrogens is 363 g/mol. The fourth-order valence-electron chi connectivity index (χ4n) is 2.29. The lowest BCUT2D eigenvalue weighted by molar-refractivity contribution is -0.274. The first-order valence-electron chi connectivity index (χ1n) is 7.57. The Morgan fingerprint density at radius 2 is 1.89 bits per heavy atom. The van der Waals surface area contributed by atoms with Crippen LogP contribution in [0.15, 0.2) is 42.5 Å². The van der Waals surface area contributed by atoms with E-state index in [0.29, 0.717) is 16.7 Å². The zero-order valence-corrected chi connectivity index (χ0v) is 13.6. The fourth-order valence-corrected chi connectivity index (χ4v) is 2.29. The number of anilines is 1. The molecule has 0 bridgehead atoms. The van der Waals surface area contributed by atoms with Crippen LogP contribution in [0, 0.1) is 12.3 Å². The SMILES string of the molecule is C#CCOc1ccc2[nH]nc(NC(=O)c3ccc(OC(F)(F)F)cc3)c2c1. The molecule has 2 aromatic carbocycles. The van der Waals surface area contributed by atoms with E-state index in [1.807, 2.05) is 0 Å². The van der Waals surface area contributed by atoms with Gasteiger partial charge in [0.15, 0.2) is 5.82 Å². The molecule has 0 fully saturated rings. The first kappa shape index (κ1) is 18.1. The lowest BCUT2D eigenvalue weighted by atomic mass is 10.2. The largest absolute Gasteiger partial charge is 0.573 e. The van der Waals surface area contributed by atoms with E-state index in [2.05, 4.69) is 26.2 Å². The van der Waals surface area contributed by atoms with Crippen LogP contribution < -0.4 is 14.8 Å². The maximum absolute atomic E-state index is 12.3. The lowest BCUT2D eigenvalue weighted by Crippen LogP contribution is -2.17. The Balaban J connectivity index is 1.76. The second-order valence-electron chi connectivity index (χ2n) is 5.30. The Morgan fingerprint density at radius 1 is 1.19 bits per heavy atom. The molecule has 1 heterocycles. The zero-order valence-electron chi connectivity index (χ0n) is 13.6. The number of nitrogens with one attached hydrogen (secondary N) is 2. The molecule has 1 aromatic heterocycles. The smallest absolute Gasteiger partial charge is 0.481 e. The normalized spacial score (nSPS) is 11.0. The van der Waals surface area contributed by atoms with Crippen LogP contribution in [0.25, 0.3) is 10.9 Å². The zero-order chi connectivity index (χ0) is 19.4. The fraction of sp³-hybridized carbons (Fsp3) is 0.111. The van der Waals surface area contributed by atoms with Crippen LogP contribution >= 0.6 is 0 Å². The Labute approximate surface area is 151 Å². The highest BCUT2D eigenvalue weighted by atomic mass is 19.4. The maximum Gasteiger partial charge on any atom is 0.573 e. The average molecular weight is 375 g/mol. The third-order valence-electron chi connectivity index (χ3n) is 3.44. The minimum Gasteiger partial charge on any atom is -0.481 e. The van der Waals surface area contributed by atoms with Crippen molar-refractivity contribution in [2.24, 2.45) is 0 Å². The maximum atomic E-state index is 12.3. The van der Waals surface area contributed by atoms with Crippen molar-refractivity contribution in [3.8, 4) is 23.8 Å². The van der Waals surface area contributed by atoms with Gasteiger partial charge in [0.25, 0.3) is 5.91 Å². The van der Waals surface area contributed by atoms with Gasteiger partial charge in [0.1, 0.15) is 18.1 Å². The third kappa shape index (κ3) is 4.49. The highest BCUT2D eigenvalue weighted by Crippen LogP contribution is 2.26. The van der Waals surface area contributed by atoms with E-state index in [1.165, 1.54) is 12.1 Å². The summed E-state index contributed by atoms with van der Waals surface area (Å²) in [6.45, 7) is 0.0946. The summed E-state index contributed by atoms with van der Waals surface area (Å²) in [6.07, 6.45) is 0.357. The van der Waals surface area contributed by atoms with Crippen molar-refractivity contribution in [3.05, 3.63) is 48.0 Å². The molecule has 3 rings (SSSR count). The van der Waals surface area contributed by atoms with Crippen molar-refractivity contribution in [1.82, 2.24) is 10.2 Å². The monoisotopic (exact) mass is 375 g/mol. The number of ether oxygens (including phenoxy) is 2. The molecule has 2 N–H and O–H groups in total. The van der Waals surface area contributed by atoms with Crippen molar-refractivity contribution >= 4 is 22.6 Å². The Hall–Kier alpha value is -3.67. The Morgan fingerprint density at radius 3 is 2.56 bits per heavy atom. The Kier molecular flexibility index (Phi) is 4.90. The van der Waals surface area contributed by atoms with Crippen molar-refractivity contribution in [2.75, 3.05) is 11.9 Å². The average Bonchev–Trinajstić information content (AvgIpc) is 3.01. The number of benzene rings is 2. The van der Waals surface area contributed by atoms with Gasteiger partial charge in [-0.25, -0.2) is 0 Å². The first-order chi connectivity index (χ1) is 12.9. The van der Waals surface area contributed by atoms with E-state index in [1.54, 1.807) is 18.2 Å². The van der Waals surface area contributed by atoms with Crippen LogP contribution in [0.2, 0.25) is 0 Å². The molecule has 0 atom stereocenters. The summed E-state index contributed by atoms with van der Waals surface area (Å²) in [7, 11) is 0. The minimum atomic E-state index is -4.79. The predicted molar refractivity (Wildman–Crippen MR) is 91.5 cm³/mol. The standard InChI is InChI=1S/C18H12F3N3O3/c1-2-9-26-13-7-8-15-14(10-13)16(24-23-15)22-17(25)11-3-5-12(6-4-11)27-18(19,20)21/h1,3-8,10H,9H2,(H2,22,23,24,25). The quantitative estimate of drug-likeness (QED) is 0.667. The Bertz CT molecular complexity index is 1000. The molecule has 0 aliphatic rings. The molecule has 3 aromatic rings. The number of fused-ring (bicyclic) bond motifs is 1. The number of aromatic nitrogens is 2. The summed E-state index contributed by atoms with van der Waals surface area (Å²) >= 11 is 0. The summed E-state index contributed by atoms with van der Waals surface area (Å²) in [5.74, 6) is 2.14. The molecule has 0 saturated carbocycles. The van der Waals surface area contributed by atoms with Crippen LogP contribution in [-0.2, 0) is 0 Å². The molecule has 0 aliphatic heterocycles. The number of rotatable bonds is 5. The van der Waals surface area contributed by atoms with Crippen LogP contribution in [0.4, 0.5) is 19.0 Å². The van der Waals surface area contributed by atoms with Gasteiger partial charge in [-0.15, -0.1) is 19.6 Å². The molecule has 27 heavy (non-hydrogen) atoms. The van der Waals surface area contributed by atoms with E-state index >= 15 is 0 Å². The second kappa shape index (κ2) is 7.29. The molecule has 0 radical (unpaired) electrons. The van der Waals surface area contributed by atoms with Gasteiger partial charge in [-0.3, -0.25) is 9.89 Å². The number of terminal acetylenes is 1. The van der Waals surface area contributed by atoms with Crippen molar-refractivity contribution < 1.29 is 27.4 Å². The van der Waals surface area contributed by atoms with Crippen LogP contribution in [0.5, 0.6) is 11.5 Å². The van der Waals surface area contributed by atoms with Gasteiger partial charge in [0.05, 0.1) is 5.52 Å². The van der Waals surface area contributed by atoms with Gasteiger partial charge in [-0.2, -0.15) is 5.10 Å². The number of amides is 1. The van der Waals surface area contributed by atoms with E-state index in [-0.39, 0.29) is 18.0 Å². The molecule has 1 amide bonds. The van der Waals surface area contributed by atoms with Gasteiger partial charge >= 0.3 is 6.36 Å². The predicted octanol–water partition coefficient (Wildman–Crippen LogP) is 3.73. The molecule has 0 saturated heterocycles. The van der Waals surface area contributed by atoms with Gasteiger partial charge in [-0.1, -0.05) is 5.92 Å². The molecule has 6 nitrogen and oxygen atoms in total.